The molecule has 1 aromatic rings. The first-order valence-electron chi connectivity index (χ1n) is 8.70. The Labute approximate surface area is 156 Å². The fourth-order valence-corrected chi connectivity index (χ4v) is 3.85. The van der Waals surface area contributed by atoms with Gasteiger partial charge in [-0.05, 0) is 30.0 Å². The summed E-state index contributed by atoms with van der Waals surface area (Å²) < 4.78 is 9.49. The van der Waals surface area contributed by atoms with Crippen molar-refractivity contribution in [1.82, 2.24) is 5.32 Å². The van der Waals surface area contributed by atoms with Gasteiger partial charge in [0.1, 0.15) is 5.92 Å². The van der Waals surface area contributed by atoms with Crippen molar-refractivity contribution >= 4 is 23.6 Å². The van der Waals surface area contributed by atoms with Crippen molar-refractivity contribution in [2.45, 2.75) is 25.7 Å². The third-order valence-corrected chi connectivity index (χ3v) is 5.19. The Kier molecular flexibility index (Phi) is 5.12. The van der Waals surface area contributed by atoms with Crippen LogP contribution in [0.4, 0.5) is 0 Å². The van der Waals surface area contributed by atoms with Gasteiger partial charge >= 0.3 is 11.9 Å². The monoisotopic (exact) mass is 371 g/mol. The summed E-state index contributed by atoms with van der Waals surface area (Å²) >= 11 is 0. The van der Waals surface area contributed by atoms with Gasteiger partial charge in [0.05, 0.1) is 19.8 Å². The van der Waals surface area contributed by atoms with Gasteiger partial charge in [0.2, 0.25) is 5.91 Å². The lowest BCUT2D eigenvalue weighted by Gasteiger charge is -2.36. The van der Waals surface area contributed by atoms with Crippen LogP contribution in [0.5, 0.6) is 0 Å². The number of nitrogens with one attached hydrogen (secondary N) is 1. The van der Waals surface area contributed by atoms with E-state index in [0.29, 0.717) is 23.3 Å². The zero-order valence-electron chi connectivity index (χ0n) is 15.4. The lowest BCUT2D eigenvalue weighted by molar-refractivity contribution is -0.151. The summed E-state index contributed by atoms with van der Waals surface area (Å²) in [6.45, 7) is 1.80. The quantitative estimate of drug-likeness (QED) is 0.642. The maximum absolute atomic E-state index is 13.1. The number of benzene rings is 1. The summed E-state index contributed by atoms with van der Waals surface area (Å²) in [4.78, 5) is 49.0. The zero-order valence-corrected chi connectivity index (χ0v) is 15.4. The van der Waals surface area contributed by atoms with E-state index < -0.39 is 23.8 Å². The first kappa shape index (κ1) is 18.8. The number of allylic oxidation sites excluding steroid dienone is 2. The van der Waals surface area contributed by atoms with Crippen molar-refractivity contribution in [3.8, 4) is 0 Å². The van der Waals surface area contributed by atoms with Crippen LogP contribution in [0, 0.1) is 11.8 Å². The van der Waals surface area contributed by atoms with E-state index in [4.69, 9.17) is 4.74 Å². The van der Waals surface area contributed by atoms with Crippen molar-refractivity contribution in [1.29, 1.82) is 0 Å². The minimum Gasteiger partial charge on any atom is -0.468 e. The van der Waals surface area contributed by atoms with E-state index in [0.717, 1.165) is 5.56 Å². The first-order chi connectivity index (χ1) is 12.9. The molecular weight excluding hydrogens is 350 g/mol. The molecule has 0 bridgehead atoms. The van der Waals surface area contributed by atoms with Crippen LogP contribution in [0.1, 0.15) is 41.6 Å². The number of amides is 1. The van der Waals surface area contributed by atoms with Crippen LogP contribution in [-0.2, 0) is 23.9 Å². The summed E-state index contributed by atoms with van der Waals surface area (Å²) in [5, 5.41) is 2.79. The standard InChI is InChI=1S/C20H21NO6/c1-10-8-14-17(18(23)16(10)20(25)27-3)13(9-15(22)21-14)11-4-6-12(7-5-11)19(24)26-2/h4-7,10,13,16H,8-9H2,1-3H3,(H,21,22)/t10-,13+,16-/m0/s1. The van der Waals surface area contributed by atoms with E-state index in [1.165, 1.54) is 14.2 Å². The molecule has 3 rings (SSSR count). The number of ether oxygens (including phenoxy) is 2. The lowest BCUT2D eigenvalue weighted by atomic mass is 9.70. The second kappa shape index (κ2) is 7.34. The second-order valence-electron chi connectivity index (χ2n) is 6.86. The smallest absolute Gasteiger partial charge is 0.337 e. The molecule has 0 saturated carbocycles. The molecule has 0 radical (unpaired) electrons. The number of hydrogen-bond donors (Lipinski definition) is 1. The summed E-state index contributed by atoms with van der Waals surface area (Å²) in [6.07, 6.45) is 0.522. The molecule has 0 fully saturated rings. The largest absolute Gasteiger partial charge is 0.468 e. The maximum Gasteiger partial charge on any atom is 0.337 e. The van der Waals surface area contributed by atoms with Crippen LogP contribution in [0.15, 0.2) is 35.5 Å². The van der Waals surface area contributed by atoms with Crippen LogP contribution in [-0.4, -0.2) is 37.8 Å². The average molecular weight is 371 g/mol. The summed E-state index contributed by atoms with van der Waals surface area (Å²) in [7, 11) is 2.56. The number of rotatable bonds is 3. The number of esters is 2. The highest BCUT2D eigenvalue weighted by molar-refractivity contribution is 6.11. The van der Waals surface area contributed by atoms with E-state index in [1.54, 1.807) is 31.2 Å². The molecular formula is C20H21NO6. The average Bonchev–Trinajstić information content (AvgIpc) is 2.66. The molecule has 1 aliphatic carbocycles. The molecule has 0 spiro atoms. The third kappa shape index (κ3) is 3.37. The Morgan fingerprint density at radius 1 is 1.04 bits per heavy atom. The third-order valence-electron chi connectivity index (χ3n) is 5.19. The first-order valence-corrected chi connectivity index (χ1v) is 8.70. The normalized spacial score (nSPS) is 24.8. The number of hydrogen-bond acceptors (Lipinski definition) is 6. The molecule has 0 saturated heterocycles. The van der Waals surface area contributed by atoms with E-state index in [9.17, 15) is 19.2 Å². The SMILES string of the molecule is COC(=O)c1ccc([C@H]2CC(=O)NC3=C2C(=O)[C@@H](C(=O)OC)[C@@H](C)C3)cc1. The number of carbonyl (C=O) groups excluding carboxylic acids is 4. The predicted molar refractivity (Wildman–Crippen MR) is 94.6 cm³/mol. The Bertz CT molecular complexity index is 839. The van der Waals surface area contributed by atoms with Gasteiger partial charge in [0.15, 0.2) is 5.78 Å². The zero-order chi connectivity index (χ0) is 19.7. The highest BCUT2D eigenvalue weighted by Gasteiger charge is 2.45. The highest BCUT2D eigenvalue weighted by Crippen LogP contribution is 2.42. The van der Waals surface area contributed by atoms with E-state index in [1.807, 2.05) is 0 Å². The van der Waals surface area contributed by atoms with Gasteiger partial charge in [-0.3, -0.25) is 14.4 Å². The van der Waals surface area contributed by atoms with Crippen molar-refractivity contribution in [2.24, 2.45) is 11.8 Å². The van der Waals surface area contributed by atoms with Gasteiger partial charge in [0, 0.05) is 23.6 Å². The number of Topliss-reactive ketones (excluding diaryl/α,β-unsaturated/α-hetero) is 1. The molecule has 1 heterocycles. The molecule has 1 aromatic carbocycles. The van der Waals surface area contributed by atoms with Crippen LogP contribution >= 0.6 is 0 Å². The van der Waals surface area contributed by atoms with Crippen LogP contribution < -0.4 is 5.32 Å². The lowest BCUT2D eigenvalue weighted by Crippen LogP contribution is -2.44. The highest BCUT2D eigenvalue weighted by atomic mass is 16.5. The van der Waals surface area contributed by atoms with Crippen LogP contribution in [0.2, 0.25) is 0 Å². The van der Waals surface area contributed by atoms with Crippen molar-refractivity contribution < 1.29 is 28.7 Å². The van der Waals surface area contributed by atoms with Gasteiger partial charge in [-0.15, -0.1) is 0 Å². The van der Waals surface area contributed by atoms with Gasteiger partial charge in [-0.1, -0.05) is 19.1 Å². The molecule has 7 nitrogen and oxygen atoms in total. The van der Waals surface area contributed by atoms with Crippen molar-refractivity contribution in [2.75, 3.05) is 14.2 Å². The minimum atomic E-state index is -0.874. The molecule has 3 atom stereocenters. The fourth-order valence-electron chi connectivity index (χ4n) is 3.85. The Hall–Kier alpha value is -2.96. The molecule has 27 heavy (non-hydrogen) atoms. The predicted octanol–water partition coefficient (Wildman–Crippen LogP) is 1.73. The van der Waals surface area contributed by atoms with E-state index in [-0.39, 0.29) is 24.0 Å². The summed E-state index contributed by atoms with van der Waals surface area (Å²) in [6, 6.07) is 6.61. The molecule has 7 heteroatoms. The molecule has 142 valence electrons. The second-order valence-corrected chi connectivity index (χ2v) is 6.86. The molecule has 1 aliphatic heterocycles. The fraction of sp³-hybridized carbons (Fsp3) is 0.400. The van der Waals surface area contributed by atoms with Gasteiger partial charge in [-0.2, -0.15) is 0 Å². The molecule has 1 amide bonds. The Morgan fingerprint density at radius 2 is 1.70 bits per heavy atom. The Morgan fingerprint density at radius 3 is 2.30 bits per heavy atom. The van der Waals surface area contributed by atoms with Gasteiger partial charge < -0.3 is 14.8 Å². The maximum atomic E-state index is 13.1. The topological polar surface area (TPSA) is 98.8 Å². The van der Waals surface area contributed by atoms with Crippen molar-refractivity contribution in [3.63, 3.8) is 0 Å². The van der Waals surface area contributed by atoms with E-state index in [2.05, 4.69) is 10.1 Å². The number of carbonyl (C=O) groups is 4. The summed E-state index contributed by atoms with van der Waals surface area (Å²) in [5.41, 5.74) is 2.14. The van der Waals surface area contributed by atoms with Gasteiger partial charge in [0.25, 0.3) is 0 Å². The molecule has 2 aliphatic rings. The minimum absolute atomic E-state index is 0.102. The molecule has 0 aromatic heterocycles. The number of ketones is 1. The molecule has 0 unspecified atom stereocenters. The summed E-state index contributed by atoms with van der Waals surface area (Å²) in [5.74, 6) is -3.10. The Balaban J connectivity index is 2.01. The number of methoxy groups -OCH3 is 2. The van der Waals surface area contributed by atoms with Crippen LogP contribution in [0.25, 0.3) is 0 Å². The van der Waals surface area contributed by atoms with E-state index >= 15 is 0 Å². The molecule has 1 N–H and O–H groups in total. The van der Waals surface area contributed by atoms with Crippen LogP contribution in [0.3, 0.4) is 0 Å². The van der Waals surface area contributed by atoms with Gasteiger partial charge in [-0.25, -0.2) is 4.79 Å². The van der Waals surface area contributed by atoms with Crippen molar-refractivity contribution in [3.05, 3.63) is 46.7 Å².